The van der Waals surface area contributed by atoms with Gasteiger partial charge in [-0.25, -0.2) is 5.01 Å². The number of nitrogens with one attached hydrogen (secondary N) is 1. The fourth-order valence-corrected chi connectivity index (χ4v) is 3.69. The number of hydrazone groups is 1. The van der Waals surface area contributed by atoms with Gasteiger partial charge in [0.15, 0.2) is 6.61 Å². The van der Waals surface area contributed by atoms with E-state index < -0.39 is 0 Å². The molecule has 0 saturated carbocycles. The molecule has 3 aromatic rings. The van der Waals surface area contributed by atoms with E-state index in [0.29, 0.717) is 17.7 Å². The van der Waals surface area contributed by atoms with E-state index in [2.05, 4.69) is 10.4 Å². The molecule has 3 aromatic carbocycles. The van der Waals surface area contributed by atoms with Crippen LogP contribution in [0.3, 0.4) is 0 Å². The van der Waals surface area contributed by atoms with E-state index in [0.717, 1.165) is 22.6 Å². The molecule has 33 heavy (non-hydrogen) atoms. The molecule has 1 N–H and O–H groups in total. The SMILES string of the molecule is CNC(=O)c1ccc(OCC(=O)N2N=C(c3ccccc3)CC2c2ccc(OC)cc2)cc1. The van der Waals surface area contributed by atoms with E-state index in [9.17, 15) is 9.59 Å². The number of carbonyl (C=O) groups excluding carboxylic acids is 2. The van der Waals surface area contributed by atoms with Crippen molar-refractivity contribution in [2.24, 2.45) is 5.10 Å². The second-order valence-electron chi connectivity index (χ2n) is 7.54. The molecule has 0 saturated heterocycles. The van der Waals surface area contributed by atoms with E-state index in [1.807, 2.05) is 54.6 Å². The molecular formula is C26H25N3O4. The van der Waals surface area contributed by atoms with Gasteiger partial charge in [0.05, 0.1) is 18.9 Å². The lowest BCUT2D eigenvalue weighted by Crippen LogP contribution is -2.31. The van der Waals surface area contributed by atoms with Crippen molar-refractivity contribution in [3.63, 3.8) is 0 Å². The predicted octanol–water partition coefficient (Wildman–Crippen LogP) is 3.81. The fourth-order valence-electron chi connectivity index (χ4n) is 3.69. The largest absolute Gasteiger partial charge is 0.497 e. The maximum absolute atomic E-state index is 13.1. The number of nitrogens with zero attached hydrogens (tertiary/aromatic N) is 2. The lowest BCUT2D eigenvalue weighted by atomic mass is 9.98. The Hall–Kier alpha value is -4.13. The minimum Gasteiger partial charge on any atom is -0.497 e. The quantitative estimate of drug-likeness (QED) is 0.602. The highest BCUT2D eigenvalue weighted by Gasteiger charge is 2.33. The number of benzene rings is 3. The lowest BCUT2D eigenvalue weighted by Gasteiger charge is -2.22. The second-order valence-corrected chi connectivity index (χ2v) is 7.54. The summed E-state index contributed by atoms with van der Waals surface area (Å²) in [6.07, 6.45) is 0.600. The van der Waals surface area contributed by atoms with Crippen LogP contribution in [0.15, 0.2) is 84.0 Å². The van der Waals surface area contributed by atoms with Crippen LogP contribution >= 0.6 is 0 Å². The summed E-state index contributed by atoms with van der Waals surface area (Å²) in [6, 6.07) is 23.9. The summed E-state index contributed by atoms with van der Waals surface area (Å²) < 4.78 is 11.0. The van der Waals surface area contributed by atoms with Crippen molar-refractivity contribution in [1.29, 1.82) is 0 Å². The minimum absolute atomic E-state index is 0.169. The van der Waals surface area contributed by atoms with Crippen LogP contribution in [0.1, 0.15) is 33.9 Å². The van der Waals surface area contributed by atoms with Crippen LogP contribution < -0.4 is 14.8 Å². The second kappa shape index (κ2) is 9.99. The van der Waals surface area contributed by atoms with Crippen molar-refractivity contribution in [2.75, 3.05) is 20.8 Å². The van der Waals surface area contributed by atoms with Crippen molar-refractivity contribution in [3.05, 3.63) is 95.6 Å². The number of rotatable bonds is 7. The van der Waals surface area contributed by atoms with E-state index in [-0.39, 0.29) is 24.5 Å². The summed E-state index contributed by atoms with van der Waals surface area (Å²) in [6.45, 7) is -0.169. The summed E-state index contributed by atoms with van der Waals surface area (Å²) in [5.74, 6) is 0.822. The molecule has 1 unspecified atom stereocenters. The molecule has 2 amide bonds. The lowest BCUT2D eigenvalue weighted by molar-refractivity contribution is -0.135. The van der Waals surface area contributed by atoms with Gasteiger partial charge in [-0.2, -0.15) is 5.10 Å². The Morgan fingerprint density at radius 2 is 1.64 bits per heavy atom. The average molecular weight is 444 g/mol. The topological polar surface area (TPSA) is 80.2 Å². The van der Waals surface area contributed by atoms with Gasteiger partial charge >= 0.3 is 0 Å². The number of hydrogen-bond acceptors (Lipinski definition) is 5. The van der Waals surface area contributed by atoms with Crippen molar-refractivity contribution in [3.8, 4) is 11.5 Å². The summed E-state index contributed by atoms with van der Waals surface area (Å²) in [5, 5.41) is 8.73. The third kappa shape index (κ3) is 5.03. The van der Waals surface area contributed by atoms with Crippen LogP contribution in [0.25, 0.3) is 0 Å². The van der Waals surface area contributed by atoms with Gasteiger partial charge in [0.1, 0.15) is 11.5 Å². The first kappa shape index (κ1) is 22.1. The van der Waals surface area contributed by atoms with Crippen LogP contribution in [0.2, 0.25) is 0 Å². The highest BCUT2D eigenvalue weighted by atomic mass is 16.5. The number of amides is 2. The normalized spacial score (nSPS) is 15.0. The molecule has 0 radical (unpaired) electrons. The van der Waals surface area contributed by atoms with Crippen LogP contribution in [-0.4, -0.2) is 43.3 Å². The first-order valence-electron chi connectivity index (χ1n) is 10.6. The smallest absolute Gasteiger partial charge is 0.281 e. The summed E-state index contributed by atoms with van der Waals surface area (Å²) in [7, 11) is 3.19. The molecule has 4 rings (SSSR count). The third-order valence-corrected chi connectivity index (χ3v) is 5.48. The Morgan fingerprint density at radius 1 is 0.970 bits per heavy atom. The zero-order chi connectivity index (χ0) is 23.2. The highest BCUT2D eigenvalue weighted by Crippen LogP contribution is 2.33. The Kier molecular flexibility index (Phi) is 6.69. The molecule has 1 heterocycles. The molecule has 1 aliphatic rings. The molecule has 1 aliphatic heterocycles. The van der Waals surface area contributed by atoms with Crippen LogP contribution in [0.5, 0.6) is 11.5 Å². The van der Waals surface area contributed by atoms with Crippen LogP contribution in [-0.2, 0) is 4.79 Å². The number of carbonyl (C=O) groups is 2. The zero-order valence-electron chi connectivity index (χ0n) is 18.5. The van der Waals surface area contributed by atoms with Gasteiger partial charge in [0.25, 0.3) is 11.8 Å². The molecule has 7 heteroatoms. The Morgan fingerprint density at radius 3 is 2.27 bits per heavy atom. The Bertz CT molecular complexity index is 1140. The van der Waals surface area contributed by atoms with Crippen LogP contribution in [0, 0.1) is 0 Å². The monoisotopic (exact) mass is 443 g/mol. The van der Waals surface area contributed by atoms with Crippen molar-refractivity contribution >= 4 is 17.5 Å². The third-order valence-electron chi connectivity index (χ3n) is 5.48. The standard InChI is InChI=1S/C26H25N3O4/c1-27-26(31)20-10-14-22(15-11-20)33-17-25(30)29-24(19-8-12-21(32-2)13-9-19)16-23(28-29)18-6-4-3-5-7-18/h3-15,24H,16-17H2,1-2H3,(H,27,31). The van der Waals surface area contributed by atoms with Gasteiger partial charge in [0, 0.05) is 19.0 Å². The van der Waals surface area contributed by atoms with Gasteiger partial charge in [-0.3, -0.25) is 9.59 Å². The van der Waals surface area contributed by atoms with Gasteiger partial charge in [-0.15, -0.1) is 0 Å². The summed E-state index contributed by atoms with van der Waals surface area (Å²) in [5.41, 5.74) is 3.32. The van der Waals surface area contributed by atoms with Gasteiger partial charge < -0.3 is 14.8 Å². The van der Waals surface area contributed by atoms with Crippen molar-refractivity contribution < 1.29 is 19.1 Å². The summed E-state index contributed by atoms with van der Waals surface area (Å²) in [4.78, 5) is 24.8. The van der Waals surface area contributed by atoms with Gasteiger partial charge in [-0.1, -0.05) is 42.5 Å². The fraction of sp³-hybridized carbons (Fsp3) is 0.192. The molecule has 0 aliphatic carbocycles. The van der Waals surface area contributed by atoms with E-state index in [1.165, 1.54) is 5.01 Å². The number of hydrogen-bond donors (Lipinski definition) is 1. The molecular weight excluding hydrogens is 418 g/mol. The molecule has 0 fully saturated rings. The van der Waals surface area contributed by atoms with E-state index >= 15 is 0 Å². The molecule has 0 aromatic heterocycles. The molecule has 7 nitrogen and oxygen atoms in total. The zero-order valence-corrected chi connectivity index (χ0v) is 18.5. The molecule has 0 spiro atoms. The first-order valence-corrected chi connectivity index (χ1v) is 10.6. The predicted molar refractivity (Wildman–Crippen MR) is 126 cm³/mol. The minimum atomic E-state index is -0.253. The van der Waals surface area contributed by atoms with E-state index in [1.54, 1.807) is 38.4 Å². The highest BCUT2D eigenvalue weighted by molar-refractivity contribution is 6.03. The maximum Gasteiger partial charge on any atom is 0.281 e. The summed E-state index contributed by atoms with van der Waals surface area (Å²) >= 11 is 0. The van der Waals surface area contributed by atoms with Gasteiger partial charge in [-0.05, 0) is 47.5 Å². The Balaban J connectivity index is 1.52. The number of methoxy groups -OCH3 is 1. The van der Waals surface area contributed by atoms with Gasteiger partial charge in [0.2, 0.25) is 0 Å². The Labute approximate surface area is 192 Å². The molecule has 0 bridgehead atoms. The maximum atomic E-state index is 13.1. The van der Waals surface area contributed by atoms with E-state index in [4.69, 9.17) is 9.47 Å². The first-order chi connectivity index (χ1) is 16.1. The average Bonchev–Trinajstić information content (AvgIpc) is 3.33. The van der Waals surface area contributed by atoms with Crippen LogP contribution in [0.4, 0.5) is 0 Å². The molecule has 168 valence electrons. The number of ether oxygens (including phenoxy) is 2. The van der Waals surface area contributed by atoms with Crippen molar-refractivity contribution in [2.45, 2.75) is 12.5 Å². The van der Waals surface area contributed by atoms with Crippen molar-refractivity contribution in [1.82, 2.24) is 10.3 Å². The molecule has 1 atom stereocenters.